The van der Waals surface area contributed by atoms with E-state index in [4.69, 9.17) is 4.42 Å². The molecule has 2 rings (SSSR count). The van der Waals surface area contributed by atoms with Gasteiger partial charge >= 0.3 is 0 Å². The van der Waals surface area contributed by atoms with E-state index in [0.717, 1.165) is 23.9 Å². The fraction of sp³-hybridized carbons (Fsp3) is 0.214. The molecule has 94 valence electrons. The first-order chi connectivity index (χ1) is 8.74. The van der Waals surface area contributed by atoms with Gasteiger partial charge in [-0.2, -0.15) is 4.39 Å². The SMILES string of the molecule is CCc1cccc(NC)c1/C=C/c1ncc(F)o1. The van der Waals surface area contributed by atoms with Crippen LogP contribution in [0.5, 0.6) is 0 Å². The third-order valence-corrected chi connectivity index (χ3v) is 2.73. The Balaban J connectivity index is 2.35. The minimum Gasteiger partial charge on any atom is -0.411 e. The molecule has 1 heterocycles. The first-order valence-corrected chi connectivity index (χ1v) is 5.83. The molecule has 0 radical (unpaired) electrons. The van der Waals surface area contributed by atoms with Crippen LogP contribution in [0.1, 0.15) is 23.9 Å². The molecule has 0 saturated carbocycles. The Labute approximate surface area is 105 Å². The third kappa shape index (κ3) is 2.59. The zero-order valence-corrected chi connectivity index (χ0v) is 10.4. The number of hydrogen-bond donors (Lipinski definition) is 1. The van der Waals surface area contributed by atoms with Crippen LogP contribution < -0.4 is 5.32 Å². The van der Waals surface area contributed by atoms with E-state index in [0.29, 0.717) is 0 Å². The molecular weight excluding hydrogens is 231 g/mol. The summed E-state index contributed by atoms with van der Waals surface area (Å²) in [5, 5.41) is 3.14. The van der Waals surface area contributed by atoms with Crippen LogP contribution in [0.4, 0.5) is 10.1 Å². The molecule has 0 bridgehead atoms. The first-order valence-electron chi connectivity index (χ1n) is 5.83. The molecule has 18 heavy (non-hydrogen) atoms. The summed E-state index contributed by atoms with van der Waals surface area (Å²) < 4.78 is 17.4. The van der Waals surface area contributed by atoms with Crippen molar-refractivity contribution in [1.29, 1.82) is 0 Å². The van der Waals surface area contributed by atoms with E-state index in [1.54, 1.807) is 6.08 Å². The maximum Gasteiger partial charge on any atom is 0.298 e. The molecule has 0 saturated heterocycles. The summed E-state index contributed by atoms with van der Waals surface area (Å²) >= 11 is 0. The molecule has 3 nitrogen and oxygen atoms in total. The molecule has 0 aliphatic heterocycles. The third-order valence-electron chi connectivity index (χ3n) is 2.73. The highest BCUT2D eigenvalue weighted by Crippen LogP contribution is 2.22. The molecule has 0 fully saturated rings. The summed E-state index contributed by atoms with van der Waals surface area (Å²) in [6.45, 7) is 2.09. The van der Waals surface area contributed by atoms with Gasteiger partial charge in [0, 0.05) is 24.4 Å². The highest BCUT2D eigenvalue weighted by Gasteiger charge is 2.04. The van der Waals surface area contributed by atoms with Crippen LogP contribution >= 0.6 is 0 Å². The van der Waals surface area contributed by atoms with E-state index in [1.165, 1.54) is 5.56 Å². The number of nitrogens with zero attached hydrogens (tertiary/aromatic N) is 1. The molecule has 1 aromatic carbocycles. The van der Waals surface area contributed by atoms with Gasteiger partial charge < -0.3 is 9.73 Å². The average Bonchev–Trinajstić information content (AvgIpc) is 2.81. The van der Waals surface area contributed by atoms with E-state index >= 15 is 0 Å². The van der Waals surface area contributed by atoms with Crippen molar-refractivity contribution in [1.82, 2.24) is 4.98 Å². The number of anilines is 1. The van der Waals surface area contributed by atoms with Crippen molar-refractivity contribution in [2.45, 2.75) is 13.3 Å². The number of oxazole rings is 1. The lowest BCUT2D eigenvalue weighted by Crippen LogP contribution is -1.95. The average molecular weight is 246 g/mol. The Morgan fingerprint density at radius 3 is 2.83 bits per heavy atom. The minimum absolute atomic E-state index is 0.264. The van der Waals surface area contributed by atoms with Gasteiger partial charge in [0.15, 0.2) is 0 Å². The standard InChI is InChI=1S/C14H15FN2O/c1-3-10-5-4-6-12(16-2)11(10)7-8-14-17-9-13(15)18-14/h4-9,16H,3H2,1-2H3/b8-7+. The molecule has 0 spiro atoms. The number of nitrogens with one attached hydrogen (secondary N) is 1. The molecule has 0 atom stereocenters. The smallest absolute Gasteiger partial charge is 0.298 e. The van der Waals surface area contributed by atoms with Crippen LogP contribution in [-0.2, 0) is 6.42 Å². The highest BCUT2D eigenvalue weighted by molar-refractivity contribution is 5.76. The van der Waals surface area contributed by atoms with Crippen LogP contribution in [0.15, 0.2) is 28.8 Å². The van der Waals surface area contributed by atoms with Gasteiger partial charge in [0.25, 0.3) is 6.01 Å². The van der Waals surface area contributed by atoms with Crippen molar-refractivity contribution >= 4 is 17.8 Å². The van der Waals surface area contributed by atoms with Crippen LogP contribution in [-0.4, -0.2) is 12.0 Å². The van der Waals surface area contributed by atoms with Crippen molar-refractivity contribution < 1.29 is 8.81 Å². The van der Waals surface area contributed by atoms with Gasteiger partial charge in [-0.1, -0.05) is 19.1 Å². The van der Waals surface area contributed by atoms with Gasteiger partial charge in [-0.05, 0) is 24.1 Å². The number of halogens is 1. The topological polar surface area (TPSA) is 38.1 Å². The second kappa shape index (κ2) is 5.49. The van der Waals surface area contributed by atoms with Crippen molar-refractivity contribution in [2.24, 2.45) is 0 Å². The zero-order chi connectivity index (χ0) is 13.0. The Morgan fingerprint density at radius 2 is 2.22 bits per heavy atom. The lowest BCUT2D eigenvalue weighted by Gasteiger charge is -2.09. The van der Waals surface area contributed by atoms with Gasteiger partial charge in [-0.25, -0.2) is 4.98 Å². The molecule has 1 N–H and O–H groups in total. The molecule has 1 aromatic heterocycles. The summed E-state index contributed by atoms with van der Waals surface area (Å²) in [6, 6.07) is 5.39. The van der Waals surface area contributed by atoms with Crippen molar-refractivity contribution in [3.05, 3.63) is 47.4 Å². The van der Waals surface area contributed by atoms with Crippen molar-refractivity contribution in [3.63, 3.8) is 0 Å². The second-order valence-corrected chi connectivity index (χ2v) is 3.82. The van der Waals surface area contributed by atoms with E-state index in [1.807, 2.05) is 25.3 Å². The summed E-state index contributed by atoms with van der Waals surface area (Å²) in [6.07, 6.45) is 5.54. The minimum atomic E-state index is -0.674. The molecule has 0 aliphatic carbocycles. The van der Waals surface area contributed by atoms with Gasteiger partial charge in [0.05, 0.1) is 0 Å². The van der Waals surface area contributed by atoms with E-state index in [2.05, 4.69) is 23.3 Å². The Kier molecular flexibility index (Phi) is 3.77. The number of aromatic nitrogens is 1. The summed E-state index contributed by atoms with van der Waals surface area (Å²) in [4.78, 5) is 3.79. The summed E-state index contributed by atoms with van der Waals surface area (Å²) in [5.74, 6) is 0.264. The van der Waals surface area contributed by atoms with E-state index in [9.17, 15) is 4.39 Å². The van der Waals surface area contributed by atoms with Crippen molar-refractivity contribution in [3.8, 4) is 0 Å². The monoisotopic (exact) mass is 246 g/mol. The molecule has 4 heteroatoms. The number of aryl methyl sites for hydroxylation is 1. The maximum absolute atomic E-state index is 12.7. The molecule has 0 amide bonds. The molecule has 0 aliphatic rings. The van der Waals surface area contributed by atoms with E-state index in [-0.39, 0.29) is 5.89 Å². The van der Waals surface area contributed by atoms with Gasteiger partial charge in [-0.3, -0.25) is 0 Å². The van der Waals surface area contributed by atoms with Crippen LogP contribution in [0.25, 0.3) is 12.2 Å². The molecular formula is C14H15FN2O. The number of benzene rings is 1. The fourth-order valence-electron chi connectivity index (χ4n) is 1.83. The highest BCUT2D eigenvalue weighted by atomic mass is 19.1. The number of hydrogen-bond acceptors (Lipinski definition) is 3. The lowest BCUT2D eigenvalue weighted by molar-refractivity contribution is 0.353. The predicted octanol–water partition coefficient (Wildman–Crippen LogP) is 3.59. The quantitative estimate of drug-likeness (QED) is 0.895. The van der Waals surface area contributed by atoms with Crippen LogP contribution in [0, 0.1) is 6.01 Å². The predicted molar refractivity (Wildman–Crippen MR) is 70.8 cm³/mol. The molecule has 0 unspecified atom stereocenters. The normalized spacial score (nSPS) is 11.1. The van der Waals surface area contributed by atoms with Crippen molar-refractivity contribution in [2.75, 3.05) is 12.4 Å². The largest absolute Gasteiger partial charge is 0.411 e. The van der Waals surface area contributed by atoms with Gasteiger partial charge in [0.2, 0.25) is 5.89 Å². The summed E-state index contributed by atoms with van der Waals surface area (Å²) in [7, 11) is 1.87. The van der Waals surface area contributed by atoms with E-state index < -0.39 is 6.01 Å². The fourth-order valence-corrected chi connectivity index (χ4v) is 1.83. The summed E-state index contributed by atoms with van der Waals surface area (Å²) in [5.41, 5.74) is 3.31. The first kappa shape index (κ1) is 12.4. The van der Waals surface area contributed by atoms with Gasteiger partial charge in [0.1, 0.15) is 6.20 Å². The van der Waals surface area contributed by atoms with Crippen LogP contribution in [0.2, 0.25) is 0 Å². The Morgan fingerprint density at radius 1 is 1.39 bits per heavy atom. The zero-order valence-electron chi connectivity index (χ0n) is 10.4. The Hall–Kier alpha value is -2.10. The second-order valence-electron chi connectivity index (χ2n) is 3.82. The molecule has 2 aromatic rings. The van der Waals surface area contributed by atoms with Crippen LogP contribution in [0.3, 0.4) is 0 Å². The Bertz CT molecular complexity index is 538. The van der Waals surface area contributed by atoms with Gasteiger partial charge in [-0.15, -0.1) is 0 Å². The number of rotatable bonds is 4. The lowest BCUT2D eigenvalue weighted by atomic mass is 10.0. The maximum atomic E-state index is 12.7.